The lowest BCUT2D eigenvalue weighted by Crippen LogP contribution is -2.67. The van der Waals surface area contributed by atoms with E-state index in [9.17, 15) is 18.8 Å². The molecule has 456 valence electrons. The topological polar surface area (TPSA) is 167 Å². The maximum absolute atomic E-state index is 13.9. The molecule has 3 aromatic carbocycles. The Morgan fingerprint density at radius 2 is 0.908 bits per heavy atom. The molecule has 87 heavy (non-hydrogen) atoms. The van der Waals surface area contributed by atoms with Crippen molar-refractivity contribution in [1.29, 1.82) is 10.5 Å². The van der Waals surface area contributed by atoms with E-state index in [-0.39, 0.29) is 57.1 Å². The van der Waals surface area contributed by atoms with Gasteiger partial charge in [0, 0.05) is 63.8 Å². The van der Waals surface area contributed by atoms with E-state index in [0.717, 1.165) is 81.5 Å². The van der Waals surface area contributed by atoms with Crippen molar-refractivity contribution in [3.8, 4) is 23.5 Å². The van der Waals surface area contributed by atoms with Crippen LogP contribution in [0.2, 0.25) is 0 Å². The summed E-state index contributed by atoms with van der Waals surface area (Å²) in [5.41, 5.74) is 4.57. The van der Waals surface area contributed by atoms with Crippen LogP contribution in [0.3, 0.4) is 0 Å². The first-order valence-corrected chi connectivity index (χ1v) is 31.5. The fraction of sp³-hybridized carbons (Fsp3) is 0.536. The van der Waals surface area contributed by atoms with Crippen molar-refractivity contribution < 1.29 is 18.8 Å². The van der Waals surface area contributed by atoms with Gasteiger partial charge in [-0.1, -0.05) is 72.8 Å². The molecule has 6 saturated carbocycles. The summed E-state index contributed by atoms with van der Waals surface area (Å²) >= 11 is 0. The minimum Gasteiger partial charge on any atom is -0.321 e. The van der Waals surface area contributed by atoms with Crippen LogP contribution in [-0.2, 0) is 16.6 Å². The quantitative estimate of drug-likeness (QED) is 0.0819. The molecule has 6 aliphatic carbocycles. The molecule has 3 spiro atoms. The third-order valence-corrected chi connectivity index (χ3v) is 21.2. The number of benzene rings is 3. The number of hydrogen-bond acceptors (Lipinski definition) is 11. The first kappa shape index (κ1) is 59.8. The predicted molar refractivity (Wildman–Crippen MR) is 332 cm³/mol. The molecule has 14 rings (SSSR count). The van der Waals surface area contributed by atoms with Gasteiger partial charge < -0.3 is 24.5 Å². The van der Waals surface area contributed by atoms with Crippen LogP contribution in [0.15, 0.2) is 122 Å². The molecule has 6 amide bonds. The smallest absolute Gasteiger partial charge is 0.321 e. The molecule has 0 unspecified atom stereocenters. The number of anilines is 1. The summed E-state index contributed by atoms with van der Waals surface area (Å²) in [6.07, 6.45) is 20.5. The average molecular weight is 1180 g/mol. The first-order chi connectivity index (χ1) is 41.9. The zero-order chi connectivity index (χ0) is 60.9. The second-order valence-corrected chi connectivity index (χ2v) is 27.5. The van der Waals surface area contributed by atoms with Crippen LogP contribution < -0.4 is 4.90 Å². The number of nitrogens with zero attached hydrogens (tertiary/aromatic N) is 14. The monoisotopic (exact) mass is 1180 g/mol. The van der Waals surface area contributed by atoms with Crippen LogP contribution in [0.4, 0.5) is 24.5 Å². The lowest BCUT2D eigenvalue weighted by molar-refractivity contribution is -0.0710. The zero-order valence-electron chi connectivity index (χ0n) is 51.7. The summed E-state index contributed by atoms with van der Waals surface area (Å²) in [6.45, 7) is 5.72. The molecule has 17 nitrogen and oxygen atoms in total. The van der Waals surface area contributed by atoms with E-state index in [0.29, 0.717) is 62.6 Å². The van der Waals surface area contributed by atoms with Crippen LogP contribution in [0.25, 0.3) is 11.4 Å². The van der Waals surface area contributed by atoms with Gasteiger partial charge in [-0.25, -0.2) is 28.7 Å². The number of urea groups is 3. The summed E-state index contributed by atoms with van der Waals surface area (Å²) in [7, 11) is 12.7. The number of pyridine rings is 1. The second-order valence-electron chi connectivity index (χ2n) is 27.5. The number of carbonyl (C=O) groups excluding carboxylic acids is 3. The Hall–Kier alpha value is -7.51. The largest absolute Gasteiger partial charge is 0.325 e. The molecule has 9 aliphatic rings. The molecule has 3 aliphatic heterocycles. The summed E-state index contributed by atoms with van der Waals surface area (Å²) in [6, 6.07) is 36.7. The molecular weight excluding hydrogens is 1090 g/mol. The highest BCUT2D eigenvalue weighted by molar-refractivity contribution is 5.95. The third kappa shape index (κ3) is 11.2. The van der Waals surface area contributed by atoms with Gasteiger partial charge in [-0.2, -0.15) is 10.5 Å². The van der Waals surface area contributed by atoms with Gasteiger partial charge in [0.15, 0.2) is 5.82 Å². The molecule has 0 bridgehead atoms. The van der Waals surface area contributed by atoms with Gasteiger partial charge in [-0.05, 0) is 178 Å². The zero-order valence-corrected chi connectivity index (χ0v) is 51.7. The highest BCUT2D eigenvalue weighted by atomic mass is 19.1. The van der Waals surface area contributed by atoms with Crippen molar-refractivity contribution in [3.63, 3.8) is 0 Å². The molecule has 0 radical (unpaired) electrons. The van der Waals surface area contributed by atoms with Crippen molar-refractivity contribution in [2.45, 2.75) is 123 Å². The van der Waals surface area contributed by atoms with E-state index in [4.69, 9.17) is 10.5 Å². The minimum atomic E-state index is -0.255. The van der Waals surface area contributed by atoms with Gasteiger partial charge in [0.25, 0.3) is 0 Å². The normalized spacial score (nSPS) is 28.9. The Bertz CT molecular complexity index is 3360. The SMILES string of the molecule is CN(C)C1(c2cccc(F)c2)CC2(CN(CCC#N)C(=O)N2CC2CC2)C1.CN(C)C1(c2ccccc2)CC2(CN(CCC#N)C(=O)N2CC2CC2)C1.CN(C)C1(c2ccccc2)CC2(CN(c3cnc(-c4ccncc4)nc3)C(=O)N2CC2CC2)C1. The molecule has 9 fully saturated rings. The van der Waals surface area contributed by atoms with Gasteiger partial charge in [0.1, 0.15) is 5.82 Å². The third-order valence-electron chi connectivity index (χ3n) is 21.2. The highest BCUT2D eigenvalue weighted by Gasteiger charge is 2.68. The first-order valence-electron chi connectivity index (χ1n) is 31.5. The fourth-order valence-electron chi connectivity index (χ4n) is 15.7. The number of hydrogen-bond donors (Lipinski definition) is 0. The van der Waals surface area contributed by atoms with Gasteiger partial charge in [-0.3, -0.25) is 24.6 Å². The van der Waals surface area contributed by atoms with E-state index in [1.54, 1.807) is 36.9 Å². The van der Waals surface area contributed by atoms with Crippen molar-refractivity contribution in [3.05, 3.63) is 144 Å². The number of amides is 6. The Kier molecular flexibility index (Phi) is 16.2. The lowest BCUT2D eigenvalue weighted by atomic mass is 9.58. The van der Waals surface area contributed by atoms with Crippen molar-refractivity contribution in [2.75, 3.05) is 99.5 Å². The molecular formula is C69H85FN14O3. The number of halogens is 1. The van der Waals surface area contributed by atoms with Gasteiger partial charge in [0.05, 0.1) is 82.8 Å². The van der Waals surface area contributed by atoms with Gasteiger partial charge in [0.2, 0.25) is 0 Å². The molecule has 0 N–H and O–H groups in total. The average Bonchev–Trinajstić information content (AvgIpc) is 1.48. The Morgan fingerprint density at radius 1 is 0.517 bits per heavy atom. The van der Waals surface area contributed by atoms with Crippen LogP contribution in [0.5, 0.6) is 0 Å². The van der Waals surface area contributed by atoms with Crippen LogP contribution in [0, 0.1) is 46.2 Å². The maximum Gasteiger partial charge on any atom is 0.325 e. The highest BCUT2D eigenvalue weighted by Crippen LogP contribution is 2.60. The van der Waals surface area contributed by atoms with E-state index < -0.39 is 0 Å². The van der Waals surface area contributed by atoms with Gasteiger partial charge in [-0.15, -0.1) is 0 Å². The summed E-state index contributed by atoms with van der Waals surface area (Å²) < 4.78 is 13.9. The molecule has 3 saturated heterocycles. The number of carbonyl (C=O) groups is 3. The standard InChI is InChI=1S/C27H30N6O.C21H27FN4O.C21H28N4O/c1-31(2)27(22-6-4-3-5-7-22)17-26(18-27)19-32(25(34)33(26)16-20-8-9-20)23-14-29-24(30-15-23)21-10-12-28-13-11-21;1-24(2)21(17-5-3-6-18(22)11-17)13-20(14-21)15-25(10-4-9-23)19(27)26(20)12-16-7-8-16;1-23(2)21(18-7-4-3-5-8-18)14-20(15-21)16-24(12-6-11-22)19(26)25(20)13-17-9-10-17/h3-7,10-15,20H,8-9,16-19H2,1-2H3;3,5-6,11,16H,4,7-8,10,12-15H2,1-2H3;3-5,7-8,17H,6,9-10,12-16H2,1-2H3. The fourth-order valence-corrected chi connectivity index (χ4v) is 15.7. The Morgan fingerprint density at radius 3 is 1.30 bits per heavy atom. The number of nitriles is 2. The second kappa shape index (κ2) is 23.5. The number of aromatic nitrogens is 3. The molecule has 5 aromatic rings. The molecule has 0 atom stereocenters. The van der Waals surface area contributed by atoms with Crippen molar-refractivity contribution >= 4 is 23.8 Å². The van der Waals surface area contributed by atoms with Crippen LogP contribution >= 0.6 is 0 Å². The summed E-state index contributed by atoms with van der Waals surface area (Å²) in [5.74, 6) is 2.35. The van der Waals surface area contributed by atoms with Crippen LogP contribution in [0.1, 0.15) is 107 Å². The summed E-state index contributed by atoms with van der Waals surface area (Å²) in [4.78, 5) is 71.8. The van der Waals surface area contributed by atoms with E-state index in [1.165, 1.54) is 55.7 Å². The molecule has 2 aromatic heterocycles. The van der Waals surface area contributed by atoms with Crippen molar-refractivity contribution in [1.82, 2.24) is 54.2 Å². The Balaban J connectivity index is 0.000000129. The summed E-state index contributed by atoms with van der Waals surface area (Å²) in [5, 5.41) is 17.9. The predicted octanol–water partition coefficient (Wildman–Crippen LogP) is 10.4. The van der Waals surface area contributed by atoms with E-state index in [1.807, 2.05) is 47.0 Å². The molecule has 18 heteroatoms. The van der Waals surface area contributed by atoms with Crippen molar-refractivity contribution in [2.24, 2.45) is 17.8 Å². The van der Waals surface area contributed by atoms with Gasteiger partial charge >= 0.3 is 18.1 Å². The Labute approximate surface area is 513 Å². The molecule has 5 heterocycles. The number of rotatable bonds is 18. The minimum absolute atomic E-state index is 0.00538. The lowest BCUT2D eigenvalue weighted by Gasteiger charge is -2.60. The van der Waals surface area contributed by atoms with Crippen LogP contribution in [-0.4, -0.2) is 184 Å². The van der Waals surface area contributed by atoms with E-state index in [2.05, 4.69) is 145 Å². The van der Waals surface area contributed by atoms with E-state index >= 15 is 0 Å². The maximum atomic E-state index is 13.9.